The van der Waals surface area contributed by atoms with E-state index in [1.807, 2.05) is 6.07 Å². The molecular formula is C18H12F4N4O. The van der Waals surface area contributed by atoms with Crippen LogP contribution < -0.4 is 5.32 Å². The fraction of sp³-hybridized carbons (Fsp3) is 0.111. The minimum absolute atomic E-state index is 0.0156. The van der Waals surface area contributed by atoms with E-state index in [4.69, 9.17) is 0 Å². The van der Waals surface area contributed by atoms with Gasteiger partial charge in [0, 0.05) is 24.2 Å². The molecule has 0 aliphatic rings. The molecule has 138 valence electrons. The molecule has 0 aliphatic carbocycles. The Labute approximate surface area is 151 Å². The van der Waals surface area contributed by atoms with Gasteiger partial charge in [-0.25, -0.2) is 14.4 Å². The van der Waals surface area contributed by atoms with E-state index >= 15 is 0 Å². The summed E-state index contributed by atoms with van der Waals surface area (Å²) in [5.41, 5.74) is -1.06. The number of halogens is 4. The van der Waals surface area contributed by atoms with Crippen molar-refractivity contribution in [2.75, 3.05) is 5.32 Å². The maximum absolute atomic E-state index is 13.3. The van der Waals surface area contributed by atoms with Gasteiger partial charge in [-0.05, 0) is 30.3 Å². The molecule has 0 fully saturated rings. The number of carbonyl (C=O) groups is 1. The molecule has 2 aromatic heterocycles. The van der Waals surface area contributed by atoms with Crippen molar-refractivity contribution >= 4 is 11.7 Å². The standard InChI is InChI=1S/C18H12F4N4O/c19-15-5-4-11(7-14(15)18(20,21)22)16(27)12-8-24-17(25-9-12)26-10-13-3-1-2-6-23-13/h1-9H,10H2,(H,24,25,26). The summed E-state index contributed by atoms with van der Waals surface area (Å²) in [5, 5.41) is 2.91. The highest BCUT2D eigenvalue weighted by atomic mass is 19.4. The highest BCUT2D eigenvalue weighted by Gasteiger charge is 2.34. The van der Waals surface area contributed by atoms with Crippen LogP contribution >= 0.6 is 0 Å². The molecule has 0 spiro atoms. The molecule has 3 aromatic rings. The second-order valence-corrected chi connectivity index (χ2v) is 5.49. The molecule has 0 amide bonds. The molecule has 9 heteroatoms. The summed E-state index contributed by atoms with van der Waals surface area (Å²) in [4.78, 5) is 24.4. The molecule has 0 bridgehead atoms. The lowest BCUT2D eigenvalue weighted by molar-refractivity contribution is -0.140. The first-order chi connectivity index (χ1) is 12.8. The Morgan fingerprint density at radius 1 is 1.00 bits per heavy atom. The van der Waals surface area contributed by atoms with Crippen LogP contribution in [0.25, 0.3) is 0 Å². The third-order valence-electron chi connectivity index (χ3n) is 3.60. The molecule has 3 rings (SSSR count). The Morgan fingerprint density at radius 2 is 1.74 bits per heavy atom. The van der Waals surface area contributed by atoms with Gasteiger partial charge >= 0.3 is 6.18 Å². The van der Waals surface area contributed by atoms with Crippen molar-refractivity contribution in [3.8, 4) is 0 Å². The number of benzene rings is 1. The van der Waals surface area contributed by atoms with Crippen molar-refractivity contribution in [3.05, 3.63) is 83.2 Å². The number of alkyl halides is 3. The Bertz CT molecular complexity index is 944. The summed E-state index contributed by atoms with van der Waals surface area (Å²) >= 11 is 0. The quantitative estimate of drug-likeness (QED) is 0.541. The number of nitrogens with one attached hydrogen (secondary N) is 1. The van der Waals surface area contributed by atoms with Crippen LogP contribution in [0.5, 0.6) is 0 Å². The summed E-state index contributed by atoms with van der Waals surface area (Å²) in [6, 6.07) is 7.48. The summed E-state index contributed by atoms with van der Waals surface area (Å²) < 4.78 is 51.7. The maximum atomic E-state index is 13.3. The van der Waals surface area contributed by atoms with Crippen LogP contribution in [0.2, 0.25) is 0 Å². The third kappa shape index (κ3) is 4.43. The summed E-state index contributed by atoms with van der Waals surface area (Å²) in [5.74, 6) is -1.95. The SMILES string of the molecule is O=C(c1cnc(NCc2ccccn2)nc1)c1ccc(F)c(C(F)(F)F)c1. The minimum Gasteiger partial charge on any atom is -0.349 e. The topological polar surface area (TPSA) is 67.8 Å². The second kappa shape index (κ2) is 7.48. The summed E-state index contributed by atoms with van der Waals surface area (Å²) in [6.07, 6.45) is -0.882. The van der Waals surface area contributed by atoms with E-state index in [0.717, 1.165) is 11.8 Å². The van der Waals surface area contributed by atoms with Crippen LogP contribution in [-0.2, 0) is 12.7 Å². The lowest BCUT2D eigenvalue weighted by Crippen LogP contribution is -2.11. The molecule has 1 aromatic carbocycles. The van der Waals surface area contributed by atoms with Gasteiger partial charge in [0.1, 0.15) is 5.82 Å². The van der Waals surface area contributed by atoms with Crippen molar-refractivity contribution < 1.29 is 22.4 Å². The molecule has 5 nitrogen and oxygen atoms in total. The lowest BCUT2D eigenvalue weighted by Gasteiger charge is -2.10. The number of hydrogen-bond acceptors (Lipinski definition) is 5. The molecule has 0 atom stereocenters. The van der Waals surface area contributed by atoms with Gasteiger partial charge in [-0.1, -0.05) is 6.07 Å². The Morgan fingerprint density at radius 3 is 2.37 bits per heavy atom. The Hall–Kier alpha value is -3.36. The Balaban J connectivity index is 1.74. The van der Waals surface area contributed by atoms with Crippen molar-refractivity contribution in [2.45, 2.75) is 12.7 Å². The van der Waals surface area contributed by atoms with Crippen molar-refractivity contribution in [3.63, 3.8) is 0 Å². The second-order valence-electron chi connectivity index (χ2n) is 5.49. The molecular weight excluding hydrogens is 364 g/mol. The molecule has 0 aliphatic heterocycles. The molecule has 2 heterocycles. The van der Waals surface area contributed by atoms with Gasteiger partial charge in [-0.15, -0.1) is 0 Å². The number of rotatable bonds is 5. The molecule has 0 saturated heterocycles. The van der Waals surface area contributed by atoms with E-state index in [9.17, 15) is 22.4 Å². The maximum Gasteiger partial charge on any atom is 0.419 e. The van der Waals surface area contributed by atoms with Crippen molar-refractivity contribution in [1.29, 1.82) is 0 Å². The van der Waals surface area contributed by atoms with Crippen LogP contribution in [0.3, 0.4) is 0 Å². The largest absolute Gasteiger partial charge is 0.419 e. The van der Waals surface area contributed by atoms with Gasteiger partial charge in [0.25, 0.3) is 0 Å². The molecule has 27 heavy (non-hydrogen) atoms. The van der Waals surface area contributed by atoms with Crippen molar-refractivity contribution in [1.82, 2.24) is 15.0 Å². The number of carbonyl (C=O) groups excluding carboxylic acids is 1. The monoisotopic (exact) mass is 376 g/mol. The molecule has 1 N–H and O–H groups in total. The van der Waals surface area contributed by atoms with E-state index in [2.05, 4.69) is 20.3 Å². The fourth-order valence-corrected chi connectivity index (χ4v) is 2.26. The van der Waals surface area contributed by atoms with Crippen LogP contribution in [-0.4, -0.2) is 20.7 Å². The first-order valence-corrected chi connectivity index (χ1v) is 7.72. The van der Waals surface area contributed by atoms with Gasteiger partial charge in [-0.2, -0.15) is 13.2 Å². The van der Waals surface area contributed by atoms with E-state index in [1.165, 1.54) is 12.4 Å². The normalized spacial score (nSPS) is 11.3. The number of aromatic nitrogens is 3. The zero-order valence-corrected chi connectivity index (χ0v) is 13.7. The number of hydrogen-bond donors (Lipinski definition) is 1. The molecule has 0 saturated carbocycles. The van der Waals surface area contributed by atoms with E-state index in [0.29, 0.717) is 18.7 Å². The van der Waals surface area contributed by atoms with Crippen LogP contribution in [0.4, 0.5) is 23.5 Å². The number of pyridine rings is 1. The smallest absolute Gasteiger partial charge is 0.349 e. The van der Waals surface area contributed by atoms with E-state index < -0.39 is 23.3 Å². The van der Waals surface area contributed by atoms with Crippen LogP contribution in [0, 0.1) is 5.82 Å². The number of ketones is 1. The van der Waals surface area contributed by atoms with Gasteiger partial charge in [-0.3, -0.25) is 9.78 Å². The van der Waals surface area contributed by atoms with Gasteiger partial charge in [0.2, 0.25) is 5.95 Å². The zero-order valence-electron chi connectivity index (χ0n) is 13.7. The number of anilines is 1. The fourth-order valence-electron chi connectivity index (χ4n) is 2.26. The van der Waals surface area contributed by atoms with E-state index in [1.54, 1.807) is 18.3 Å². The molecule has 0 unspecified atom stereocenters. The summed E-state index contributed by atoms with van der Waals surface area (Å²) in [7, 11) is 0. The first kappa shape index (κ1) is 18.4. The van der Waals surface area contributed by atoms with E-state index in [-0.39, 0.29) is 17.1 Å². The van der Waals surface area contributed by atoms with Gasteiger partial charge in [0.15, 0.2) is 5.78 Å². The molecule has 0 radical (unpaired) electrons. The first-order valence-electron chi connectivity index (χ1n) is 7.72. The van der Waals surface area contributed by atoms with Crippen LogP contribution in [0.15, 0.2) is 55.0 Å². The highest BCUT2D eigenvalue weighted by Crippen LogP contribution is 2.32. The Kier molecular flexibility index (Phi) is 5.11. The van der Waals surface area contributed by atoms with Gasteiger partial charge < -0.3 is 5.32 Å². The van der Waals surface area contributed by atoms with Crippen molar-refractivity contribution in [2.24, 2.45) is 0 Å². The van der Waals surface area contributed by atoms with Crippen LogP contribution in [0.1, 0.15) is 27.2 Å². The average molecular weight is 376 g/mol. The highest BCUT2D eigenvalue weighted by molar-refractivity contribution is 6.08. The lowest BCUT2D eigenvalue weighted by atomic mass is 10.0. The summed E-state index contributed by atoms with van der Waals surface area (Å²) in [6.45, 7) is 0.362. The predicted octanol–water partition coefficient (Wildman–Crippen LogP) is 3.87. The number of nitrogens with zero attached hydrogens (tertiary/aromatic N) is 3. The zero-order chi connectivity index (χ0) is 19.4. The third-order valence-corrected chi connectivity index (χ3v) is 3.60. The average Bonchev–Trinajstić information content (AvgIpc) is 2.66. The predicted molar refractivity (Wildman–Crippen MR) is 88.4 cm³/mol. The minimum atomic E-state index is -4.89. The van der Waals surface area contributed by atoms with Gasteiger partial charge in [0.05, 0.1) is 23.4 Å².